The van der Waals surface area contributed by atoms with Gasteiger partial charge in [0, 0.05) is 21.9 Å². The Morgan fingerprint density at radius 3 is 2.79 bits per heavy atom. The third kappa shape index (κ3) is 2.26. The molecule has 0 saturated heterocycles. The lowest BCUT2D eigenvalue weighted by molar-refractivity contribution is 0.234. The number of para-hydroxylation sites is 1. The second kappa shape index (κ2) is 5.36. The Kier molecular flexibility index (Phi) is 3.18. The average molecular weight is 318 g/mol. The van der Waals surface area contributed by atoms with Crippen LogP contribution in [0.15, 0.2) is 59.0 Å². The summed E-state index contributed by atoms with van der Waals surface area (Å²) in [4.78, 5) is 4.34. The van der Waals surface area contributed by atoms with Gasteiger partial charge < -0.3 is 10.2 Å². The van der Waals surface area contributed by atoms with Gasteiger partial charge in [0.25, 0.3) is 0 Å². The summed E-state index contributed by atoms with van der Waals surface area (Å²) in [6.07, 6.45) is 0. The van der Waals surface area contributed by atoms with Gasteiger partial charge in [-0.3, -0.25) is 16.1 Å². The number of hydrogen-bond donors (Lipinski definition) is 4. The van der Waals surface area contributed by atoms with Crippen molar-refractivity contribution in [3.63, 3.8) is 0 Å². The van der Waals surface area contributed by atoms with E-state index in [4.69, 9.17) is 20.8 Å². The summed E-state index contributed by atoms with van der Waals surface area (Å²) in [6, 6.07) is 16.7. The molecule has 0 aliphatic heterocycles. The summed E-state index contributed by atoms with van der Waals surface area (Å²) in [5.74, 6) is 1.01. The van der Waals surface area contributed by atoms with E-state index in [0.717, 1.165) is 21.9 Å². The molecule has 0 saturated carbocycles. The van der Waals surface area contributed by atoms with Gasteiger partial charge >= 0.3 is 0 Å². The molecule has 24 heavy (non-hydrogen) atoms. The van der Waals surface area contributed by atoms with Crippen molar-refractivity contribution >= 4 is 33.5 Å². The van der Waals surface area contributed by atoms with Gasteiger partial charge in [-0.25, -0.2) is 4.98 Å². The van der Waals surface area contributed by atoms with Crippen molar-refractivity contribution in [2.24, 2.45) is 0 Å². The van der Waals surface area contributed by atoms with Gasteiger partial charge in [0.05, 0.1) is 5.52 Å². The number of nitrogens with one attached hydrogen (secondary N) is 2. The minimum absolute atomic E-state index is 0.0894. The molecule has 0 atom stereocenters. The summed E-state index contributed by atoms with van der Waals surface area (Å²) in [5, 5.41) is 18.4. The predicted molar refractivity (Wildman–Crippen MR) is 93.1 cm³/mol. The van der Waals surface area contributed by atoms with E-state index < -0.39 is 0 Å². The van der Waals surface area contributed by atoms with Crippen molar-refractivity contribution in [1.29, 1.82) is 5.41 Å². The molecule has 2 aromatic carbocycles. The van der Waals surface area contributed by atoms with Crippen molar-refractivity contribution in [1.82, 2.24) is 10.5 Å². The van der Waals surface area contributed by atoms with E-state index in [2.05, 4.69) is 4.98 Å². The van der Waals surface area contributed by atoms with Crippen LogP contribution in [0.5, 0.6) is 0 Å². The number of fused-ring (bicyclic) bond motifs is 2. The second-order valence-electron chi connectivity index (χ2n) is 5.46. The quantitative estimate of drug-likeness (QED) is 0.257. The fraction of sp³-hybridized carbons (Fsp3) is 0. The molecule has 0 amide bonds. The third-order valence-corrected chi connectivity index (χ3v) is 3.92. The maximum Gasteiger partial charge on any atom is 0.149 e. The van der Waals surface area contributed by atoms with Crippen LogP contribution >= 0.6 is 0 Å². The number of nitrogens with two attached hydrogens (primary N) is 1. The maximum atomic E-state index is 8.87. The molecular weight excluding hydrogens is 304 g/mol. The summed E-state index contributed by atoms with van der Waals surface area (Å²) < 4.78 is 5.96. The first-order valence-corrected chi connectivity index (χ1v) is 7.34. The first-order valence-electron chi connectivity index (χ1n) is 7.34. The molecule has 118 valence electrons. The Bertz CT molecular complexity index is 1080. The van der Waals surface area contributed by atoms with Crippen LogP contribution in [-0.4, -0.2) is 16.0 Å². The second-order valence-corrected chi connectivity index (χ2v) is 5.46. The lowest BCUT2D eigenvalue weighted by Crippen LogP contribution is -2.18. The van der Waals surface area contributed by atoms with Crippen LogP contribution in [0.25, 0.3) is 33.2 Å². The largest absolute Gasteiger partial charge is 0.456 e. The van der Waals surface area contributed by atoms with Gasteiger partial charge in [0.2, 0.25) is 0 Å². The lowest BCUT2D eigenvalue weighted by atomic mass is 10.1. The zero-order valence-electron chi connectivity index (χ0n) is 12.6. The van der Waals surface area contributed by atoms with Gasteiger partial charge in [-0.05, 0) is 24.3 Å². The monoisotopic (exact) mass is 318 g/mol. The number of pyridine rings is 1. The molecule has 0 fully saturated rings. The van der Waals surface area contributed by atoms with E-state index >= 15 is 0 Å². The van der Waals surface area contributed by atoms with E-state index in [9.17, 15) is 0 Å². The molecule has 0 aliphatic carbocycles. The van der Waals surface area contributed by atoms with Crippen molar-refractivity contribution in [2.45, 2.75) is 0 Å². The molecule has 6 heteroatoms. The fourth-order valence-electron chi connectivity index (χ4n) is 2.78. The summed E-state index contributed by atoms with van der Waals surface area (Å²) in [5.41, 5.74) is 10.6. The molecule has 2 aromatic heterocycles. The van der Waals surface area contributed by atoms with Gasteiger partial charge in [-0.15, -0.1) is 0 Å². The zero-order chi connectivity index (χ0) is 16.7. The molecule has 5 N–H and O–H groups in total. The zero-order valence-corrected chi connectivity index (χ0v) is 12.6. The summed E-state index contributed by atoms with van der Waals surface area (Å²) in [7, 11) is 0. The number of hydrogen-bond acceptors (Lipinski definition) is 5. The highest BCUT2D eigenvalue weighted by Gasteiger charge is 2.12. The van der Waals surface area contributed by atoms with Gasteiger partial charge in [-0.1, -0.05) is 30.3 Å². The highest BCUT2D eigenvalue weighted by Crippen LogP contribution is 2.33. The summed E-state index contributed by atoms with van der Waals surface area (Å²) >= 11 is 0. The molecule has 6 nitrogen and oxygen atoms in total. The number of hydroxylamine groups is 1. The Morgan fingerprint density at radius 1 is 1.12 bits per heavy atom. The normalized spacial score (nSPS) is 11.0. The Labute approximate surface area is 137 Å². The van der Waals surface area contributed by atoms with Crippen LogP contribution in [0.1, 0.15) is 5.56 Å². The molecule has 0 spiro atoms. The molecule has 0 unspecified atom stereocenters. The van der Waals surface area contributed by atoms with Crippen LogP contribution in [0.3, 0.4) is 0 Å². The first-order chi connectivity index (χ1) is 11.7. The molecule has 0 bridgehead atoms. The first kappa shape index (κ1) is 14.2. The highest BCUT2D eigenvalue weighted by molar-refractivity contribution is 6.00. The highest BCUT2D eigenvalue weighted by atomic mass is 16.5. The molecular formula is C18H14N4O2. The van der Waals surface area contributed by atoms with Crippen LogP contribution in [-0.2, 0) is 0 Å². The number of amidine groups is 1. The van der Waals surface area contributed by atoms with Gasteiger partial charge in [0.15, 0.2) is 0 Å². The standard InChI is InChI=1S/C18H14N4O2/c19-17-9-13(12-3-1-2-4-14(12)21-17)16-7-10-5-6-11(18(20)22-23)8-15(10)24-16/h1-9,23H,(H2,19,21)(H2,20,22). The molecule has 2 heterocycles. The minimum atomic E-state index is -0.0894. The van der Waals surface area contributed by atoms with E-state index in [0.29, 0.717) is 22.7 Å². The summed E-state index contributed by atoms with van der Waals surface area (Å²) in [6.45, 7) is 0. The van der Waals surface area contributed by atoms with Crippen molar-refractivity contribution in [3.05, 3.63) is 60.2 Å². The Balaban J connectivity index is 1.92. The van der Waals surface area contributed by atoms with Crippen molar-refractivity contribution < 1.29 is 9.62 Å². The van der Waals surface area contributed by atoms with Crippen molar-refractivity contribution in [3.8, 4) is 11.3 Å². The SMILES string of the molecule is N=C(NO)c1ccc2cc(-c3cc(N)nc4ccccc34)oc2c1. The third-order valence-electron chi connectivity index (χ3n) is 3.92. The predicted octanol–water partition coefficient (Wildman–Crippen LogP) is 3.53. The number of benzene rings is 2. The molecule has 0 radical (unpaired) electrons. The number of nitrogens with zero attached hydrogens (tertiary/aromatic N) is 1. The van der Waals surface area contributed by atoms with Crippen LogP contribution in [0.4, 0.5) is 5.82 Å². The number of furan rings is 1. The topological polar surface area (TPSA) is 108 Å². The van der Waals surface area contributed by atoms with Gasteiger partial charge in [0.1, 0.15) is 23.0 Å². The molecule has 0 aliphatic rings. The number of nitrogen functional groups attached to an aromatic ring is 1. The average Bonchev–Trinajstić information content (AvgIpc) is 3.03. The van der Waals surface area contributed by atoms with E-state index in [1.54, 1.807) is 18.2 Å². The number of aromatic nitrogens is 1. The number of rotatable bonds is 2. The van der Waals surface area contributed by atoms with E-state index in [1.165, 1.54) is 0 Å². The van der Waals surface area contributed by atoms with Crippen LogP contribution in [0, 0.1) is 5.41 Å². The Morgan fingerprint density at radius 2 is 1.96 bits per heavy atom. The number of anilines is 1. The molecule has 4 rings (SSSR count). The molecule has 4 aromatic rings. The minimum Gasteiger partial charge on any atom is -0.456 e. The smallest absolute Gasteiger partial charge is 0.149 e. The van der Waals surface area contributed by atoms with Crippen LogP contribution < -0.4 is 11.2 Å². The van der Waals surface area contributed by atoms with Crippen molar-refractivity contribution in [2.75, 3.05) is 5.73 Å². The maximum absolute atomic E-state index is 8.87. The van der Waals surface area contributed by atoms with Crippen LogP contribution in [0.2, 0.25) is 0 Å². The van der Waals surface area contributed by atoms with E-state index in [1.807, 2.05) is 41.9 Å². The Hall–Kier alpha value is -3.38. The van der Waals surface area contributed by atoms with E-state index in [-0.39, 0.29) is 5.84 Å². The fourth-order valence-corrected chi connectivity index (χ4v) is 2.78. The van der Waals surface area contributed by atoms with Gasteiger partial charge in [-0.2, -0.15) is 0 Å². The lowest BCUT2D eigenvalue weighted by Gasteiger charge is -2.05.